The van der Waals surface area contributed by atoms with E-state index >= 15 is 0 Å². The number of benzene rings is 3. The molecule has 3 N–H and O–H groups in total. The minimum absolute atomic E-state index is 0.0228. The van der Waals surface area contributed by atoms with Gasteiger partial charge in [0.25, 0.3) is 11.8 Å². The monoisotopic (exact) mass is 794 g/mol. The van der Waals surface area contributed by atoms with Crippen molar-refractivity contribution >= 4 is 29.0 Å². The highest BCUT2D eigenvalue weighted by Crippen LogP contribution is 2.42. The number of aromatic hydroxyl groups is 1. The number of aromatic nitrogens is 2. The second-order valence-electron chi connectivity index (χ2n) is 17.2. The molecule has 1 aliphatic rings. The van der Waals surface area contributed by atoms with Gasteiger partial charge in [-0.25, -0.2) is 9.36 Å². The van der Waals surface area contributed by atoms with Crippen molar-refractivity contribution in [1.29, 1.82) is 0 Å². The lowest BCUT2D eigenvalue weighted by Crippen LogP contribution is -2.45. The summed E-state index contributed by atoms with van der Waals surface area (Å²) in [6.45, 7) is 17.0. The molecule has 1 aromatic heterocycles. The predicted octanol–water partition coefficient (Wildman–Crippen LogP) is 9.30. The quantitative estimate of drug-likeness (QED) is 0.0905. The molecular weight excluding hydrogens is 733 g/mol. The highest BCUT2D eigenvalue weighted by atomic mass is 16.5. The van der Waals surface area contributed by atoms with Crippen molar-refractivity contribution in [2.24, 2.45) is 5.41 Å². The first-order chi connectivity index (χ1) is 27.5. The summed E-state index contributed by atoms with van der Waals surface area (Å²) < 4.78 is 14.3. The van der Waals surface area contributed by atoms with Crippen LogP contribution < -0.4 is 25.8 Å². The molecule has 312 valence electrons. The Labute approximate surface area is 343 Å². The van der Waals surface area contributed by atoms with Gasteiger partial charge in [0.2, 0.25) is 5.88 Å². The first kappa shape index (κ1) is 43.8. The van der Waals surface area contributed by atoms with Gasteiger partial charge in [-0.3, -0.25) is 19.0 Å². The number of carbonyl (C=O) groups excluding carboxylic acids is 3. The molecule has 1 heterocycles. The van der Waals surface area contributed by atoms with Crippen LogP contribution in [0.15, 0.2) is 77.7 Å². The van der Waals surface area contributed by atoms with Crippen molar-refractivity contribution in [2.45, 2.75) is 136 Å². The molecule has 11 nitrogen and oxygen atoms in total. The van der Waals surface area contributed by atoms with Gasteiger partial charge in [0.1, 0.15) is 11.5 Å². The lowest BCUT2D eigenvalue weighted by Gasteiger charge is -2.34. The Morgan fingerprint density at radius 1 is 0.845 bits per heavy atom. The number of ether oxygens (including phenoxy) is 2. The summed E-state index contributed by atoms with van der Waals surface area (Å²) in [6.07, 6.45) is 6.37. The third kappa shape index (κ3) is 9.51. The maximum atomic E-state index is 14.5. The highest BCUT2D eigenvalue weighted by Gasteiger charge is 2.44. The van der Waals surface area contributed by atoms with Crippen LogP contribution in [0.1, 0.15) is 129 Å². The van der Waals surface area contributed by atoms with Gasteiger partial charge in [0.05, 0.1) is 25.5 Å². The fraction of sp³-hybridized carbons (Fsp3) is 0.489. The highest BCUT2D eigenvalue weighted by molar-refractivity contribution is 6.11. The molecule has 4 aromatic rings. The van der Waals surface area contributed by atoms with Gasteiger partial charge in [-0.1, -0.05) is 117 Å². The number of carbonyl (C=O) groups is 3. The van der Waals surface area contributed by atoms with E-state index in [9.17, 15) is 24.3 Å². The molecule has 1 aliphatic carbocycles. The zero-order valence-electron chi connectivity index (χ0n) is 35.7. The maximum absolute atomic E-state index is 14.5. The standard InChI is InChI=1S/C47H62N4O7/c1-10-36(58-37-23-21-32(45(4,5)11-2)27-34(37)46(6,7)12-3)42(54)48-33-22-24-38(57-9)35(28-33)49-43(55)40(41(53)47(8)25-17-14-18-26-47)51-39(52)30-50(44(51)56)29-31-19-15-13-16-20-31/h13,15-16,19-24,27-28,30,36,40,52H,10-12,14,17-18,25-26,29H2,1-9H3,(H,48,54)(H,49,55). The van der Waals surface area contributed by atoms with Crippen LogP contribution in [0.25, 0.3) is 0 Å². The number of anilines is 2. The van der Waals surface area contributed by atoms with E-state index in [0.717, 1.165) is 47.8 Å². The van der Waals surface area contributed by atoms with Gasteiger partial charge < -0.3 is 25.2 Å². The molecule has 0 aliphatic heterocycles. The van der Waals surface area contributed by atoms with Gasteiger partial charge in [0.15, 0.2) is 17.9 Å². The van der Waals surface area contributed by atoms with E-state index in [0.29, 0.717) is 30.7 Å². The predicted molar refractivity (Wildman–Crippen MR) is 229 cm³/mol. The van der Waals surface area contributed by atoms with Gasteiger partial charge >= 0.3 is 5.69 Å². The Kier molecular flexibility index (Phi) is 13.7. The van der Waals surface area contributed by atoms with Crippen LogP contribution in [0.4, 0.5) is 11.4 Å². The molecule has 58 heavy (non-hydrogen) atoms. The maximum Gasteiger partial charge on any atom is 0.332 e. The summed E-state index contributed by atoms with van der Waals surface area (Å²) in [5, 5.41) is 17.0. The molecule has 1 fully saturated rings. The summed E-state index contributed by atoms with van der Waals surface area (Å²) in [5.41, 5.74) is 1.79. The number of imidazole rings is 1. The molecule has 0 radical (unpaired) electrons. The molecule has 11 heteroatoms. The van der Waals surface area contributed by atoms with E-state index < -0.39 is 40.8 Å². The summed E-state index contributed by atoms with van der Waals surface area (Å²) in [4.78, 5) is 56.7. The SMILES string of the molecule is CCC(Oc1ccc(C(C)(C)CC)cc1C(C)(C)CC)C(=O)Nc1ccc(OC)c(NC(=O)C(C(=O)C2(C)CCCCC2)n2c(O)cn(Cc3ccccc3)c2=O)c1. The lowest BCUT2D eigenvalue weighted by atomic mass is 9.70. The van der Waals surface area contributed by atoms with Crippen molar-refractivity contribution in [1.82, 2.24) is 9.13 Å². The normalized spacial score (nSPS) is 15.3. The fourth-order valence-corrected chi connectivity index (χ4v) is 7.65. The van der Waals surface area contributed by atoms with E-state index in [4.69, 9.17) is 9.47 Å². The summed E-state index contributed by atoms with van der Waals surface area (Å²) in [7, 11) is 1.44. The summed E-state index contributed by atoms with van der Waals surface area (Å²) in [6, 6.07) is 18.6. The van der Waals surface area contributed by atoms with E-state index in [1.165, 1.54) is 23.4 Å². The van der Waals surface area contributed by atoms with Crippen LogP contribution in [0, 0.1) is 5.41 Å². The van der Waals surface area contributed by atoms with Gasteiger partial charge in [-0.05, 0) is 78.3 Å². The third-order valence-electron chi connectivity index (χ3n) is 12.4. The molecule has 2 atom stereocenters. The molecule has 1 saturated carbocycles. The number of nitrogens with one attached hydrogen (secondary N) is 2. The summed E-state index contributed by atoms with van der Waals surface area (Å²) in [5.74, 6) is -1.22. The fourth-order valence-electron chi connectivity index (χ4n) is 7.65. The zero-order chi connectivity index (χ0) is 42.4. The number of Topliss-reactive ketones (excluding diaryl/α,β-unsaturated/α-hetero) is 1. The van der Waals surface area contributed by atoms with Crippen molar-refractivity contribution in [3.63, 3.8) is 0 Å². The average molecular weight is 795 g/mol. The first-order valence-corrected chi connectivity index (χ1v) is 20.7. The average Bonchev–Trinajstić information content (AvgIpc) is 3.48. The Morgan fingerprint density at radius 2 is 1.50 bits per heavy atom. The molecule has 2 unspecified atom stereocenters. The van der Waals surface area contributed by atoms with Crippen LogP contribution in [0.2, 0.25) is 0 Å². The smallest absolute Gasteiger partial charge is 0.332 e. The minimum Gasteiger partial charge on any atom is -0.495 e. The van der Waals surface area contributed by atoms with Crippen molar-refractivity contribution in [3.8, 4) is 17.4 Å². The van der Waals surface area contributed by atoms with E-state index in [1.54, 1.807) is 18.2 Å². The van der Waals surface area contributed by atoms with Gasteiger partial charge in [0, 0.05) is 16.7 Å². The zero-order valence-corrected chi connectivity index (χ0v) is 35.7. The second-order valence-corrected chi connectivity index (χ2v) is 17.2. The Balaban J connectivity index is 1.44. The molecule has 0 spiro atoms. The number of rotatable bonds is 17. The van der Waals surface area contributed by atoms with Gasteiger partial charge in [-0.15, -0.1) is 0 Å². The largest absolute Gasteiger partial charge is 0.495 e. The van der Waals surface area contributed by atoms with Crippen molar-refractivity contribution in [2.75, 3.05) is 17.7 Å². The number of amides is 2. The van der Waals surface area contributed by atoms with Crippen molar-refractivity contribution in [3.05, 3.63) is 100 Å². The number of hydrogen-bond acceptors (Lipinski definition) is 7. The Bertz CT molecular complexity index is 2140. The van der Waals surface area contributed by atoms with E-state index in [1.807, 2.05) is 50.2 Å². The lowest BCUT2D eigenvalue weighted by molar-refractivity contribution is -0.138. The second kappa shape index (κ2) is 18.1. The summed E-state index contributed by atoms with van der Waals surface area (Å²) >= 11 is 0. The third-order valence-corrected chi connectivity index (χ3v) is 12.4. The minimum atomic E-state index is -1.68. The van der Waals surface area contributed by atoms with Crippen molar-refractivity contribution < 1.29 is 29.0 Å². The molecular formula is C47H62N4O7. The van der Waals surface area contributed by atoms with Crippen LogP contribution in [-0.2, 0) is 31.8 Å². The van der Waals surface area contributed by atoms with Crippen LogP contribution in [0.3, 0.4) is 0 Å². The topological polar surface area (TPSA) is 141 Å². The first-order valence-electron chi connectivity index (χ1n) is 20.7. The van der Waals surface area contributed by atoms with Gasteiger partial charge in [-0.2, -0.15) is 0 Å². The molecule has 0 bridgehead atoms. The van der Waals surface area contributed by atoms with Crippen LogP contribution >= 0.6 is 0 Å². The van der Waals surface area contributed by atoms with E-state index in [-0.39, 0.29) is 34.7 Å². The van der Waals surface area contributed by atoms with Crippen LogP contribution in [-0.4, -0.2) is 45.1 Å². The number of hydrogen-bond donors (Lipinski definition) is 3. The Hall–Kier alpha value is -5.32. The molecule has 0 saturated heterocycles. The van der Waals surface area contributed by atoms with E-state index in [2.05, 4.69) is 64.3 Å². The number of methoxy groups -OCH3 is 1. The number of nitrogens with zero attached hydrogens (tertiary/aromatic N) is 2. The molecule has 3 aromatic carbocycles. The molecule has 5 rings (SSSR count). The Morgan fingerprint density at radius 3 is 2.12 bits per heavy atom. The van der Waals surface area contributed by atoms with Crippen LogP contribution in [0.5, 0.6) is 17.4 Å². The number of ketones is 1. The molecule has 2 amide bonds.